The second-order valence-electron chi connectivity index (χ2n) is 4.13. The van der Waals surface area contributed by atoms with E-state index in [2.05, 4.69) is 15.9 Å². The molecule has 0 unspecified atom stereocenters. The lowest BCUT2D eigenvalue weighted by molar-refractivity contribution is 0.0571. The quantitative estimate of drug-likeness (QED) is 0.788. The van der Waals surface area contributed by atoms with Crippen LogP contribution < -0.4 is 0 Å². The number of furan rings is 1. The fourth-order valence-electron chi connectivity index (χ4n) is 1.54. The summed E-state index contributed by atoms with van der Waals surface area (Å²) in [5, 5.41) is 0. The van der Waals surface area contributed by atoms with Crippen molar-refractivity contribution in [2.24, 2.45) is 0 Å². The highest BCUT2D eigenvalue weighted by atomic mass is 79.9. The Hall–Kier alpha value is -0.810. The number of halogens is 1. The first-order valence-corrected chi connectivity index (χ1v) is 5.45. The third-order valence-corrected chi connectivity index (χ3v) is 2.86. The van der Waals surface area contributed by atoms with Gasteiger partial charge in [0, 0.05) is 0 Å². The fraction of sp³-hybridized carbons (Fsp3) is 0.500. The lowest BCUT2D eigenvalue weighted by Gasteiger charge is -2.28. The smallest absolute Gasteiger partial charge is 0.291 e. The lowest BCUT2D eigenvalue weighted by atomic mass is 10.1. The molecule has 1 aliphatic heterocycles. The van der Waals surface area contributed by atoms with E-state index in [0.29, 0.717) is 23.8 Å². The molecule has 1 aromatic heterocycles. The summed E-state index contributed by atoms with van der Waals surface area (Å²) < 4.78 is 11.1. The first kappa shape index (κ1) is 10.7. The lowest BCUT2D eigenvalue weighted by Crippen LogP contribution is -2.44. The van der Waals surface area contributed by atoms with Crippen LogP contribution in [0, 0.1) is 0 Å². The normalized spacial score (nSPS) is 19.5. The van der Waals surface area contributed by atoms with Crippen LogP contribution in [0.2, 0.25) is 0 Å². The van der Waals surface area contributed by atoms with E-state index in [9.17, 15) is 4.79 Å². The molecule has 1 aliphatic rings. The molecule has 2 rings (SSSR count). The van der Waals surface area contributed by atoms with Crippen LogP contribution in [0.25, 0.3) is 0 Å². The van der Waals surface area contributed by atoms with Crippen molar-refractivity contribution < 1.29 is 13.9 Å². The minimum atomic E-state index is -0.268. The fourth-order valence-corrected chi connectivity index (χ4v) is 1.84. The van der Waals surface area contributed by atoms with E-state index in [1.165, 1.54) is 0 Å². The van der Waals surface area contributed by atoms with Gasteiger partial charge in [0.1, 0.15) is 6.73 Å². The molecule has 0 radical (unpaired) electrons. The van der Waals surface area contributed by atoms with Gasteiger partial charge in [0.05, 0.1) is 12.1 Å². The zero-order valence-electron chi connectivity index (χ0n) is 8.62. The van der Waals surface area contributed by atoms with Gasteiger partial charge in [-0.3, -0.25) is 4.79 Å². The molecule has 0 aromatic carbocycles. The van der Waals surface area contributed by atoms with E-state index < -0.39 is 0 Å². The maximum absolute atomic E-state index is 12.0. The maximum atomic E-state index is 12.0. The molecule has 5 heteroatoms. The van der Waals surface area contributed by atoms with E-state index in [1.807, 2.05) is 13.8 Å². The Balaban J connectivity index is 2.21. The van der Waals surface area contributed by atoms with Crippen LogP contribution in [-0.4, -0.2) is 29.7 Å². The molecular formula is C10H12BrNO3. The number of carbonyl (C=O) groups is 1. The van der Waals surface area contributed by atoms with Crippen LogP contribution in [0.15, 0.2) is 21.2 Å². The van der Waals surface area contributed by atoms with Crippen molar-refractivity contribution in [1.82, 2.24) is 4.90 Å². The van der Waals surface area contributed by atoms with Gasteiger partial charge in [-0.05, 0) is 41.9 Å². The Morgan fingerprint density at radius 2 is 2.27 bits per heavy atom. The minimum absolute atomic E-state index is 0.136. The predicted octanol–water partition coefficient (Wildman–Crippen LogP) is 2.25. The molecule has 0 spiro atoms. The molecule has 0 atom stereocenters. The molecule has 2 heterocycles. The molecule has 4 nitrogen and oxygen atoms in total. The first-order valence-electron chi connectivity index (χ1n) is 4.66. The molecule has 1 amide bonds. The molecule has 1 saturated heterocycles. The van der Waals surface area contributed by atoms with E-state index >= 15 is 0 Å². The third-order valence-electron chi connectivity index (χ3n) is 2.44. The van der Waals surface area contributed by atoms with Gasteiger partial charge in [0.15, 0.2) is 10.4 Å². The van der Waals surface area contributed by atoms with Crippen LogP contribution in [0.5, 0.6) is 0 Å². The van der Waals surface area contributed by atoms with Crippen LogP contribution in [0.3, 0.4) is 0 Å². The molecule has 1 aromatic rings. The van der Waals surface area contributed by atoms with Gasteiger partial charge < -0.3 is 14.1 Å². The van der Waals surface area contributed by atoms with Crippen molar-refractivity contribution in [3.05, 3.63) is 22.6 Å². The van der Waals surface area contributed by atoms with E-state index in [0.717, 1.165) is 0 Å². The predicted molar refractivity (Wildman–Crippen MR) is 57.5 cm³/mol. The molecule has 0 bridgehead atoms. The molecule has 0 N–H and O–H groups in total. The summed E-state index contributed by atoms with van der Waals surface area (Å²) in [6.07, 6.45) is 0. The summed E-state index contributed by atoms with van der Waals surface area (Å²) in [5.41, 5.74) is -0.268. The number of hydrogen-bond acceptors (Lipinski definition) is 3. The SMILES string of the molecule is CC1(C)COCN1C(=O)c1ccc(Br)o1. The highest BCUT2D eigenvalue weighted by Crippen LogP contribution is 2.25. The van der Waals surface area contributed by atoms with Crippen LogP contribution in [0.1, 0.15) is 24.4 Å². The number of nitrogens with zero attached hydrogens (tertiary/aromatic N) is 1. The van der Waals surface area contributed by atoms with Crippen LogP contribution >= 0.6 is 15.9 Å². The second-order valence-corrected chi connectivity index (χ2v) is 4.91. The maximum Gasteiger partial charge on any atom is 0.291 e. The summed E-state index contributed by atoms with van der Waals surface area (Å²) in [6, 6.07) is 3.36. The molecule has 15 heavy (non-hydrogen) atoms. The highest BCUT2D eigenvalue weighted by molar-refractivity contribution is 9.10. The molecular weight excluding hydrogens is 262 g/mol. The Kier molecular flexibility index (Phi) is 2.60. The average Bonchev–Trinajstić information content (AvgIpc) is 2.70. The molecule has 1 fully saturated rings. The number of rotatable bonds is 1. The zero-order chi connectivity index (χ0) is 11.1. The van der Waals surface area contributed by atoms with Crippen molar-refractivity contribution >= 4 is 21.8 Å². The first-order chi connectivity index (χ1) is 7.00. The van der Waals surface area contributed by atoms with Crippen molar-refractivity contribution in [2.45, 2.75) is 19.4 Å². The Morgan fingerprint density at radius 3 is 2.73 bits per heavy atom. The van der Waals surface area contributed by atoms with Crippen molar-refractivity contribution in [3.63, 3.8) is 0 Å². The topological polar surface area (TPSA) is 42.7 Å². The van der Waals surface area contributed by atoms with Gasteiger partial charge in [-0.15, -0.1) is 0 Å². The summed E-state index contributed by atoms with van der Waals surface area (Å²) in [6.45, 7) is 4.82. The third kappa shape index (κ3) is 1.94. The Bertz CT molecular complexity index is 386. The van der Waals surface area contributed by atoms with Gasteiger partial charge in [-0.25, -0.2) is 0 Å². The molecule has 82 valence electrons. The monoisotopic (exact) mass is 273 g/mol. The van der Waals surface area contributed by atoms with Crippen molar-refractivity contribution in [3.8, 4) is 0 Å². The highest BCUT2D eigenvalue weighted by Gasteiger charge is 2.37. The van der Waals surface area contributed by atoms with E-state index in [4.69, 9.17) is 9.15 Å². The van der Waals surface area contributed by atoms with E-state index in [1.54, 1.807) is 17.0 Å². The zero-order valence-corrected chi connectivity index (χ0v) is 10.2. The van der Waals surface area contributed by atoms with Gasteiger partial charge in [0.2, 0.25) is 0 Å². The molecule has 0 saturated carbocycles. The summed E-state index contributed by atoms with van der Waals surface area (Å²) in [7, 11) is 0. The number of carbonyl (C=O) groups excluding carboxylic acids is 1. The average molecular weight is 274 g/mol. The Morgan fingerprint density at radius 1 is 1.53 bits per heavy atom. The van der Waals surface area contributed by atoms with Gasteiger partial charge in [-0.2, -0.15) is 0 Å². The second kappa shape index (κ2) is 3.64. The number of amides is 1. The van der Waals surface area contributed by atoms with Gasteiger partial charge in [-0.1, -0.05) is 0 Å². The largest absolute Gasteiger partial charge is 0.444 e. The standard InChI is InChI=1S/C10H12BrNO3/c1-10(2)5-14-6-12(10)9(13)7-3-4-8(11)15-7/h3-4H,5-6H2,1-2H3. The van der Waals surface area contributed by atoms with Crippen molar-refractivity contribution in [1.29, 1.82) is 0 Å². The number of hydrogen-bond donors (Lipinski definition) is 0. The minimum Gasteiger partial charge on any atom is -0.444 e. The van der Waals surface area contributed by atoms with E-state index in [-0.39, 0.29) is 11.4 Å². The summed E-state index contributed by atoms with van der Waals surface area (Å²) in [5.74, 6) is 0.198. The summed E-state index contributed by atoms with van der Waals surface area (Å²) >= 11 is 3.17. The van der Waals surface area contributed by atoms with Crippen molar-refractivity contribution in [2.75, 3.05) is 13.3 Å². The van der Waals surface area contributed by atoms with Crippen LogP contribution in [0.4, 0.5) is 0 Å². The molecule has 0 aliphatic carbocycles. The van der Waals surface area contributed by atoms with Gasteiger partial charge >= 0.3 is 0 Å². The van der Waals surface area contributed by atoms with Gasteiger partial charge in [0.25, 0.3) is 5.91 Å². The number of ether oxygens (including phenoxy) is 1. The Labute approximate surface area is 96.3 Å². The van der Waals surface area contributed by atoms with Crippen LogP contribution in [-0.2, 0) is 4.74 Å². The summed E-state index contributed by atoms with van der Waals surface area (Å²) in [4.78, 5) is 13.7.